The third-order valence-electron chi connectivity index (χ3n) is 4.63. The van der Waals surface area contributed by atoms with Crippen LogP contribution in [0.3, 0.4) is 0 Å². The first-order valence-corrected chi connectivity index (χ1v) is 14.9. The van der Waals surface area contributed by atoms with E-state index in [0.29, 0.717) is 61.7 Å². The number of ether oxygens (including phenoxy) is 5. The molecule has 228 valence electrons. The molecule has 0 unspecified atom stereocenters. The average Bonchev–Trinajstić information content (AvgIpc) is 3.45. The molecule has 16 heteroatoms. The number of rotatable bonds is 18. The number of nitrogens with zero attached hydrogens (tertiary/aromatic N) is 2. The minimum Gasteiger partial charge on any atom is -0.483 e. The van der Waals surface area contributed by atoms with Crippen molar-refractivity contribution in [1.29, 1.82) is 10.8 Å². The Morgan fingerprint density at radius 2 is 1.56 bits per heavy atom. The van der Waals surface area contributed by atoms with E-state index in [1.54, 1.807) is 24.5 Å². The highest BCUT2D eigenvalue weighted by atomic mass is 32.2. The highest BCUT2D eigenvalue weighted by Crippen LogP contribution is 2.27. The van der Waals surface area contributed by atoms with E-state index in [0.717, 1.165) is 24.8 Å². The fourth-order valence-electron chi connectivity index (χ4n) is 2.85. The molecule has 4 N–H and O–H groups in total. The zero-order valence-corrected chi connectivity index (χ0v) is 24.9. The summed E-state index contributed by atoms with van der Waals surface area (Å²) < 4.78 is 32.4. The first-order chi connectivity index (χ1) is 19.9. The largest absolute Gasteiger partial charge is 0.483 e. The van der Waals surface area contributed by atoms with Crippen LogP contribution >= 0.6 is 23.5 Å². The molecule has 0 bridgehead atoms. The summed E-state index contributed by atoms with van der Waals surface area (Å²) in [4.78, 5) is 20.9. The fourth-order valence-corrected chi connectivity index (χ4v) is 3.30. The van der Waals surface area contributed by atoms with Crippen LogP contribution in [-0.2, 0) is 33.3 Å². The SMILES string of the molecule is CCCOCCOCCOCCOCCC(=O)Nc1cc(C(=N)OC(=N)SC)cc(-c2nnc(SC)o2)c1.O=CO. The monoisotopic (exact) mass is 615 g/mol. The van der Waals surface area contributed by atoms with Crippen LogP contribution in [0.25, 0.3) is 11.5 Å². The van der Waals surface area contributed by atoms with Gasteiger partial charge in [0.2, 0.25) is 22.9 Å². The van der Waals surface area contributed by atoms with Crippen molar-refractivity contribution in [3.05, 3.63) is 23.8 Å². The Labute approximate surface area is 247 Å². The number of thioether (sulfide) groups is 2. The molecule has 2 rings (SSSR count). The topological polar surface area (TPSA) is 199 Å². The van der Waals surface area contributed by atoms with E-state index in [-0.39, 0.29) is 42.4 Å². The van der Waals surface area contributed by atoms with Gasteiger partial charge in [0.25, 0.3) is 11.7 Å². The lowest BCUT2D eigenvalue weighted by Gasteiger charge is -2.11. The van der Waals surface area contributed by atoms with Crippen LogP contribution in [0.2, 0.25) is 0 Å². The highest BCUT2D eigenvalue weighted by molar-refractivity contribution is 8.12. The van der Waals surface area contributed by atoms with Crippen LogP contribution in [0.15, 0.2) is 27.8 Å². The fraction of sp³-hybridized carbons (Fsp3) is 0.520. The Morgan fingerprint density at radius 1 is 0.976 bits per heavy atom. The number of anilines is 1. The Hall–Kier alpha value is -3.02. The van der Waals surface area contributed by atoms with Gasteiger partial charge in [0.15, 0.2) is 0 Å². The Morgan fingerprint density at radius 3 is 2.10 bits per heavy atom. The molecule has 0 spiro atoms. The predicted octanol–water partition coefficient (Wildman–Crippen LogP) is 3.60. The van der Waals surface area contributed by atoms with E-state index >= 15 is 0 Å². The average molecular weight is 616 g/mol. The first kappa shape index (κ1) is 36.0. The standard InChI is InChI=1S/C24H35N5O7S2.CH2O2/c1-4-6-31-8-10-33-12-13-34-11-9-32-7-5-20(30)27-19-15-17(21(25)35-23(26)37-2)14-18(16-19)22-28-29-24(36-22)38-3;2-1-3/h14-16,25-26H,4-13H2,1-3H3,(H,27,30);1H,(H,2,3). The first-order valence-electron chi connectivity index (χ1n) is 12.5. The Kier molecular flexibility index (Phi) is 19.9. The van der Waals surface area contributed by atoms with Crippen LogP contribution in [-0.4, -0.2) is 104 Å². The van der Waals surface area contributed by atoms with E-state index in [9.17, 15) is 4.79 Å². The number of nitrogens with one attached hydrogen (secondary N) is 3. The molecule has 0 atom stereocenters. The molecular formula is C25H37N5O9S2. The Bertz CT molecular complexity index is 1070. The molecule has 14 nitrogen and oxygen atoms in total. The van der Waals surface area contributed by atoms with Crippen molar-refractivity contribution in [3.63, 3.8) is 0 Å². The molecule has 0 saturated heterocycles. The predicted molar refractivity (Wildman–Crippen MR) is 156 cm³/mol. The van der Waals surface area contributed by atoms with Gasteiger partial charge >= 0.3 is 0 Å². The zero-order chi connectivity index (χ0) is 30.3. The van der Waals surface area contributed by atoms with E-state index in [1.165, 1.54) is 11.8 Å². The smallest absolute Gasteiger partial charge is 0.290 e. The molecule has 1 aromatic carbocycles. The lowest BCUT2D eigenvalue weighted by Crippen LogP contribution is -2.16. The molecule has 1 aromatic heterocycles. The number of carbonyl (C=O) groups excluding carboxylic acids is 1. The maximum Gasteiger partial charge on any atom is 0.290 e. The van der Waals surface area contributed by atoms with Gasteiger partial charge < -0.3 is 38.5 Å². The number of amides is 1. The molecule has 2 aromatic rings. The maximum absolute atomic E-state index is 12.5. The van der Waals surface area contributed by atoms with Gasteiger partial charge in [-0.25, -0.2) is 0 Å². The van der Waals surface area contributed by atoms with Crippen LogP contribution in [0.4, 0.5) is 5.69 Å². The van der Waals surface area contributed by atoms with Crippen molar-refractivity contribution < 1.29 is 42.8 Å². The molecule has 41 heavy (non-hydrogen) atoms. The van der Waals surface area contributed by atoms with Gasteiger partial charge in [-0.3, -0.25) is 20.4 Å². The van der Waals surface area contributed by atoms with Crippen molar-refractivity contribution in [2.24, 2.45) is 0 Å². The number of hydrogen-bond donors (Lipinski definition) is 4. The lowest BCUT2D eigenvalue weighted by atomic mass is 10.1. The van der Waals surface area contributed by atoms with Crippen LogP contribution in [0, 0.1) is 10.8 Å². The summed E-state index contributed by atoms with van der Waals surface area (Å²) in [6.45, 7) is 5.61. The normalized spacial score (nSPS) is 10.4. The number of carboxylic acid groups (broad SMARTS) is 1. The van der Waals surface area contributed by atoms with Gasteiger partial charge in [-0.1, -0.05) is 30.4 Å². The summed E-state index contributed by atoms with van der Waals surface area (Å²) in [5, 5.41) is 33.8. The summed E-state index contributed by atoms with van der Waals surface area (Å²) in [5.74, 6) is -0.282. The number of benzene rings is 1. The quantitative estimate of drug-likeness (QED) is 0.0624. The van der Waals surface area contributed by atoms with Gasteiger partial charge in [0.1, 0.15) is 0 Å². The van der Waals surface area contributed by atoms with E-state index in [1.807, 2.05) is 6.26 Å². The van der Waals surface area contributed by atoms with Crippen molar-refractivity contribution in [2.45, 2.75) is 25.0 Å². The van der Waals surface area contributed by atoms with Gasteiger partial charge in [-0.15, -0.1) is 10.2 Å². The Balaban J connectivity index is 0.00000268. The third kappa shape index (κ3) is 16.1. The number of carbonyl (C=O) groups is 2. The highest BCUT2D eigenvalue weighted by Gasteiger charge is 2.15. The molecular weight excluding hydrogens is 578 g/mol. The van der Waals surface area contributed by atoms with Gasteiger partial charge in [-0.2, -0.15) is 0 Å². The molecule has 1 heterocycles. The van der Waals surface area contributed by atoms with Crippen LogP contribution < -0.4 is 5.32 Å². The van der Waals surface area contributed by atoms with E-state index in [2.05, 4.69) is 22.4 Å². The van der Waals surface area contributed by atoms with E-state index in [4.69, 9.17) is 48.8 Å². The molecule has 1 amide bonds. The molecule has 0 aliphatic rings. The minimum atomic E-state index is -0.271. The third-order valence-corrected chi connectivity index (χ3v) is 5.59. The van der Waals surface area contributed by atoms with Crippen LogP contribution in [0.5, 0.6) is 0 Å². The van der Waals surface area contributed by atoms with Crippen molar-refractivity contribution in [1.82, 2.24) is 10.2 Å². The molecule has 0 radical (unpaired) electrons. The van der Waals surface area contributed by atoms with Gasteiger partial charge in [-0.05, 0) is 37.1 Å². The number of hydrogen-bond acceptors (Lipinski definition) is 14. The second-order valence-electron chi connectivity index (χ2n) is 7.65. The second kappa shape index (κ2) is 22.6. The van der Waals surface area contributed by atoms with Crippen molar-refractivity contribution in [2.75, 3.05) is 70.7 Å². The van der Waals surface area contributed by atoms with Crippen molar-refractivity contribution in [3.8, 4) is 11.5 Å². The van der Waals surface area contributed by atoms with E-state index < -0.39 is 0 Å². The molecule has 0 aliphatic carbocycles. The summed E-state index contributed by atoms with van der Waals surface area (Å²) in [6.07, 6.45) is 4.61. The number of aromatic nitrogens is 2. The summed E-state index contributed by atoms with van der Waals surface area (Å²) in [7, 11) is 0. The molecule has 0 saturated carbocycles. The zero-order valence-electron chi connectivity index (χ0n) is 23.3. The van der Waals surface area contributed by atoms with Gasteiger partial charge in [0, 0.05) is 23.4 Å². The lowest BCUT2D eigenvalue weighted by molar-refractivity contribution is -0.123. The second-order valence-corrected chi connectivity index (χ2v) is 9.19. The minimum absolute atomic E-state index is 0.126. The van der Waals surface area contributed by atoms with Crippen molar-refractivity contribution >= 4 is 52.7 Å². The van der Waals surface area contributed by atoms with Gasteiger partial charge in [0.05, 0.1) is 52.7 Å². The summed E-state index contributed by atoms with van der Waals surface area (Å²) in [6, 6.07) is 4.87. The van der Waals surface area contributed by atoms with Crippen LogP contribution in [0.1, 0.15) is 25.3 Å². The summed E-state index contributed by atoms with van der Waals surface area (Å²) in [5.41, 5.74) is 1.26. The summed E-state index contributed by atoms with van der Waals surface area (Å²) >= 11 is 2.37. The molecule has 0 fully saturated rings. The molecule has 0 aliphatic heterocycles. The maximum atomic E-state index is 12.5.